The van der Waals surface area contributed by atoms with Crippen molar-refractivity contribution in [1.82, 2.24) is 15.0 Å². The molecule has 8 heteroatoms. The van der Waals surface area contributed by atoms with E-state index in [1.54, 1.807) is 0 Å². The van der Waals surface area contributed by atoms with Crippen LogP contribution in [0.5, 0.6) is 0 Å². The second-order valence-electron chi connectivity index (χ2n) is 8.45. The van der Waals surface area contributed by atoms with Gasteiger partial charge >= 0.3 is 6.18 Å². The average molecular weight is 405 g/mol. The standard InChI is InChI=1S/C21H22F3N3O2/c22-21(23,24)15-7-5-12(6-8-15)18-25-19(29-26-18)16-13-3-4-14(11-13)17(16)20(28)27-9-1-2-10-27/h5-8,13-14,16-17H,1-4,9-11H2/t13-,14+,16+,17+/m1/s1. The van der Waals surface area contributed by atoms with Gasteiger partial charge in [-0.2, -0.15) is 18.2 Å². The summed E-state index contributed by atoms with van der Waals surface area (Å²) in [5, 5.41) is 4.01. The Morgan fingerprint density at radius 1 is 1.07 bits per heavy atom. The van der Waals surface area contributed by atoms with E-state index in [0.717, 1.165) is 57.3 Å². The lowest BCUT2D eigenvalue weighted by Crippen LogP contribution is -2.39. The van der Waals surface area contributed by atoms with Crippen LogP contribution in [0, 0.1) is 17.8 Å². The van der Waals surface area contributed by atoms with Crippen LogP contribution < -0.4 is 0 Å². The maximum Gasteiger partial charge on any atom is 0.416 e. The third-order valence-electron chi connectivity index (χ3n) is 6.82. The predicted molar refractivity (Wildman–Crippen MR) is 97.6 cm³/mol. The summed E-state index contributed by atoms with van der Waals surface area (Å²) in [6.07, 6.45) is 0.841. The molecule has 1 amide bonds. The van der Waals surface area contributed by atoms with Crippen molar-refractivity contribution in [2.24, 2.45) is 17.8 Å². The Labute approximate surface area is 166 Å². The van der Waals surface area contributed by atoms with Gasteiger partial charge in [0.2, 0.25) is 17.6 Å². The smallest absolute Gasteiger partial charge is 0.342 e. The number of hydrogen-bond acceptors (Lipinski definition) is 4. The number of hydrogen-bond donors (Lipinski definition) is 0. The number of nitrogens with zero attached hydrogens (tertiary/aromatic N) is 3. The van der Waals surface area contributed by atoms with Crippen molar-refractivity contribution in [1.29, 1.82) is 0 Å². The second-order valence-corrected chi connectivity index (χ2v) is 8.45. The molecule has 154 valence electrons. The first-order valence-electron chi connectivity index (χ1n) is 10.2. The number of fused-ring (bicyclic) bond motifs is 2. The van der Waals surface area contributed by atoms with Crippen LogP contribution in [0.15, 0.2) is 28.8 Å². The van der Waals surface area contributed by atoms with E-state index >= 15 is 0 Å². The van der Waals surface area contributed by atoms with Crippen LogP contribution in [-0.4, -0.2) is 34.0 Å². The van der Waals surface area contributed by atoms with E-state index in [4.69, 9.17) is 4.52 Å². The van der Waals surface area contributed by atoms with Gasteiger partial charge in [0.25, 0.3) is 0 Å². The predicted octanol–water partition coefficient (Wildman–Crippen LogP) is 4.51. The topological polar surface area (TPSA) is 59.2 Å². The number of rotatable bonds is 3. The summed E-state index contributed by atoms with van der Waals surface area (Å²) in [6, 6.07) is 4.74. The minimum Gasteiger partial charge on any atom is -0.342 e. The SMILES string of the molecule is O=C([C@H]1[C@H]2CC[C@H](C2)[C@@H]1c1nc(-c2ccc(C(F)(F)F)cc2)no1)N1CCCC1. The fourth-order valence-corrected chi connectivity index (χ4v) is 5.45. The van der Waals surface area contributed by atoms with E-state index in [-0.39, 0.29) is 23.6 Å². The van der Waals surface area contributed by atoms with E-state index in [9.17, 15) is 18.0 Å². The molecule has 29 heavy (non-hydrogen) atoms. The number of likely N-dealkylation sites (tertiary alicyclic amines) is 1. The highest BCUT2D eigenvalue weighted by Gasteiger charge is 2.54. The first-order chi connectivity index (χ1) is 13.9. The lowest BCUT2D eigenvalue weighted by Gasteiger charge is -2.30. The Bertz CT molecular complexity index is 903. The Morgan fingerprint density at radius 3 is 2.45 bits per heavy atom. The zero-order valence-corrected chi connectivity index (χ0v) is 15.9. The van der Waals surface area contributed by atoms with Gasteiger partial charge in [-0.3, -0.25) is 4.79 Å². The summed E-state index contributed by atoms with van der Waals surface area (Å²) in [5.74, 6) is 1.43. The molecule has 0 radical (unpaired) electrons. The van der Waals surface area contributed by atoms with Gasteiger partial charge in [0.05, 0.1) is 17.4 Å². The summed E-state index contributed by atoms with van der Waals surface area (Å²) in [5.41, 5.74) is -0.243. The van der Waals surface area contributed by atoms with Crippen LogP contribution in [0.25, 0.3) is 11.4 Å². The van der Waals surface area contributed by atoms with Gasteiger partial charge in [0.1, 0.15) is 0 Å². The molecule has 1 aliphatic heterocycles. The summed E-state index contributed by atoms with van der Waals surface area (Å²) in [6.45, 7) is 1.64. The molecule has 0 unspecified atom stereocenters. The Kier molecular flexibility index (Phi) is 4.40. The maximum atomic E-state index is 13.2. The molecule has 3 aliphatic rings. The maximum absolute atomic E-state index is 13.2. The van der Waals surface area contributed by atoms with Gasteiger partial charge in [-0.25, -0.2) is 0 Å². The van der Waals surface area contributed by atoms with E-state index in [1.807, 2.05) is 4.90 Å². The lowest BCUT2D eigenvalue weighted by atomic mass is 9.78. The molecule has 3 fully saturated rings. The minimum atomic E-state index is -4.38. The summed E-state index contributed by atoms with van der Waals surface area (Å²) in [4.78, 5) is 19.6. The first kappa shape index (κ1) is 18.6. The van der Waals surface area contributed by atoms with Gasteiger partial charge in [-0.15, -0.1) is 0 Å². The van der Waals surface area contributed by atoms with Crippen molar-refractivity contribution in [2.45, 2.75) is 44.2 Å². The molecule has 2 saturated carbocycles. The number of benzene rings is 1. The first-order valence-corrected chi connectivity index (χ1v) is 10.2. The number of carbonyl (C=O) groups excluding carboxylic acids is 1. The fourth-order valence-electron chi connectivity index (χ4n) is 5.45. The molecule has 4 atom stereocenters. The second kappa shape index (κ2) is 6.85. The minimum absolute atomic E-state index is 0.0856. The third kappa shape index (κ3) is 3.22. The van der Waals surface area contributed by atoms with Crippen molar-refractivity contribution in [3.8, 4) is 11.4 Å². The van der Waals surface area contributed by atoms with Gasteiger partial charge < -0.3 is 9.42 Å². The largest absolute Gasteiger partial charge is 0.416 e. The van der Waals surface area contributed by atoms with Gasteiger partial charge in [0.15, 0.2) is 0 Å². The molecule has 1 aromatic heterocycles. The van der Waals surface area contributed by atoms with Crippen LogP contribution in [0.1, 0.15) is 49.5 Å². The van der Waals surface area contributed by atoms with Gasteiger partial charge in [-0.1, -0.05) is 17.3 Å². The Hall–Kier alpha value is -2.38. The molecule has 0 N–H and O–H groups in total. The lowest BCUT2D eigenvalue weighted by molar-refractivity contribution is -0.138. The number of halogens is 3. The number of carbonyl (C=O) groups is 1. The normalized spacial score (nSPS) is 29.0. The van der Waals surface area contributed by atoms with Gasteiger partial charge in [-0.05, 0) is 56.1 Å². The van der Waals surface area contributed by atoms with E-state index in [1.165, 1.54) is 12.1 Å². The molecule has 2 aromatic rings. The summed E-state index contributed by atoms with van der Waals surface area (Å²) < 4.78 is 43.9. The zero-order chi connectivity index (χ0) is 20.2. The van der Waals surface area contributed by atoms with Crippen molar-refractivity contribution < 1.29 is 22.5 Å². The molecule has 2 aliphatic carbocycles. The molecule has 2 heterocycles. The number of alkyl halides is 3. The van der Waals surface area contributed by atoms with E-state index in [2.05, 4.69) is 10.1 Å². The van der Waals surface area contributed by atoms with Crippen LogP contribution in [-0.2, 0) is 11.0 Å². The van der Waals surface area contributed by atoms with Crippen LogP contribution in [0.4, 0.5) is 13.2 Å². The van der Waals surface area contributed by atoms with Crippen LogP contribution >= 0.6 is 0 Å². The Balaban J connectivity index is 1.41. The van der Waals surface area contributed by atoms with Crippen molar-refractivity contribution in [3.05, 3.63) is 35.7 Å². The molecule has 0 spiro atoms. The molecular formula is C21H22F3N3O2. The quantitative estimate of drug-likeness (QED) is 0.754. The monoisotopic (exact) mass is 405 g/mol. The number of amides is 1. The average Bonchev–Trinajstić information content (AvgIpc) is 3.50. The molecule has 1 saturated heterocycles. The zero-order valence-electron chi connectivity index (χ0n) is 15.9. The van der Waals surface area contributed by atoms with E-state index in [0.29, 0.717) is 23.3 Å². The molecule has 5 rings (SSSR count). The van der Waals surface area contributed by atoms with Crippen molar-refractivity contribution >= 4 is 5.91 Å². The van der Waals surface area contributed by atoms with Crippen LogP contribution in [0.3, 0.4) is 0 Å². The summed E-state index contributed by atoms with van der Waals surface area (Å²) >= 11 is 0. The third-order valence-corrected chi connectivity index (χ3v) is 6.82. The van der Waals surface area contributed by atoms with Crippen molar-refractivity contribution in [2.75, 3.05) is 13.1 Å². The fraction of sp³-hybridized carbons (Fsp3) is 0.571. The molecule has 5 nitrogen and oxygen atoms in total. The highest BCUT2D eigenvalue weighted by molar-refractivity contribution is 5.81. The van der Waals surface area contributed by atoms with Crippen LogP contribution in [0.2, 0.25) is 0 Å². The van der Waals surface area contributed by atoms with Gasteiger partial charge in [0, 0.05) is 18.7 Å². The molecule has 2 bridgehead atoms. The van der Waals surface area contributed by atoms with Crippen molar-refractivity contribution in [3.63, 3.8) is 0 Å². The highest BCUT2D eigenvalue weighted by atomic mass is 19.4. The number of aromatic nitrogens is 2. The highest BCUT2D eigenvalue weighted by Crippen LogP contribution is 2.57. The van der Waals surface area contributed by atoms with E-state index < -0.39 is 11.7 Å². The molecular weight excluding hydrogens is 383 g/mol. The summed E-state index contributed by atoms with van der Waals surface area (Å²) in [7, 11) is 0. The Morgan fingerprint density at radius 2 is 1.76 bits per heavy atom. The molecule has 1 aromatic carbocycles.